The number of rotatable bonds is 6. The third-order valence-electron chi connectivity index (χ3n) is 5.25. The lowest BCUT2D eigenvalue weighted by atomic mass is 9.85. The molecule has 0 aliphatic heterocycles. The van der Waals surface area contributed by atoms with Crippen molar-refractivity contribution < 1.29 is 27.6 Å². The second-order valence-electron chi connectivity index (χ2n) is 7.26. The maximum Gasteiger partial charge on any atom is 0.270 e. The number of carbonyl (C=O) groups is 3. The number of aromatic amines is 1. The van der Waals surface area contributed by atoms with Gasteiger partial charge in [0, 0.05) is 22.9 Å². The standard InChI is InChI=1S/C20H20BrF3N4O3/c1-2-13(29)17-18(26-8-25-17)20(31)27-10-5-3-9(4-6-10)19(30)28-16-11(21)7-12(22)14(23)15(16)24/h7-10H,2-6H2,1H3,(H,25,26)(H,27,31)(H,28,30). The first-order valence-corrected chi connectivity index (χ1v) is 10.5. The molecule has 3 N–H and O–H groups in total. The van der Waals surface area contributed by atoms with Crippen LogP contribution in [0.2, 0.25) is 0 Å². The monoisotopic (exact) mass is 500 g/mol. The first-order chi connectivity index (χ1) is 14.7. The van der Waals surface area contributed by atoms with Gasteiger partial charge in [0.05, 0.1) is 12.0 Å². The van der Waals surface area contributed by atoms with Crippen LogP contribution in [0.1, 0.15) is 60.0 Å². The smallest absolute Gasteiger partial charge is 0.270 e. The molecular formula is C20H20BrF3N4O3. The van der Waals surface area contributed by atoms with Gasteiger partial charge in [-0.3, -0.25) is 14.4 Å². The summed E-state index contributed by atoms with van der Waals surface area (Å²) in [5.74, 6) is -6.18. The van der Waals surface area contributed by atoms with Crippen molar-refractivity contribution in [3.8, 4) is 0 Å². The van der Waals surface area contributed by atoms with E-state index >= 15 is 0 Å². The fraction of sp³-hybridized carbons (Fsp3) is 0.400. The highest BCUT2D eigenvalue weighted by molar-refractivity contribution is 9.10. The van der Waals surface area contributed by atoms with Crippen molar-refractivity contribution in [2.75, 3.05) is 5.32 Å². The average Bonchev–Trinajstić information content (AvgIpc) is 3.25. The van der Waals surface area contributed by atoms with Crippen molar-refractivity contribution in [2.45, 2.75) is 45.1 Å². The van der Waals surface area contributed by atoms with Crippen LogP contribution in [0.3, 0.4) is 0 Å². The maximum absolute atomic E-state index is 14.0. The highest BCUT2D eigenvalue weighted by Crippen LogP contribution is 2.32. The highest BCUT2D eigenvalue weighted by atomic mass is 79.9. The van der Waals surface area contributed by atoms with Gasteiger partial charge in [-0.15, -0.1) is 0 Å². The minimum atomic E-state index is -1.66. The van der Waals surface area contributed by atoms with Crippen LogP contribution in [-0.4, -0.2) is 33.6 Å². The summed E-state index contributed by atoms with van der Waals surface area (Å²) in [5.41, 5.74) is -0.260. The van der Waals surface area contributed by atoms with Crippen LogP contribution >= 0.6 is 15.9 Å². The summed E-state index contributed by atoms with van der Waals surface area (Å²) >= 11 is 2.92. The van der Waals surface area contributed by atoms with Crippen LogP contribution in [0.15, 0.2) is 16.9 Å². The van der Waals surface area contributed by atoms with Gasteiger partial charge in [-0.2, -0.15) is 0 Å². The molecule has 31 heavy (non-hydrogen) atoms. The lowest BCUT2D eigenvalue weighted by Gasteiger charge is -2.28. The van der Waals surface area contributed by atoms with Crippen LogP contribution in [0.4, 0.5) is 18.9 Å². The average molecular weight is 501 g/mol. The van der Waals surface area contributed by atoms with Gasteiger partial charge in [0.15, 0.2) is 23.2 Å². The number of carbonyl (C=O) groups excluding carboxylic acids is 3. The van der Waals surface area contributed by atoms with E-state index in [1.807, 2.05) is 0 Å². The summed E-state index contributed by atoms with van der Waals surface area (Å²) in [5, 5.41) is 5.14. The third kappa shape index (κ3) is 4.97. The summed E-state index contributed by atoms with van der Waals surface area (Å²) in [6.07, 6.45) is 3.29. The summed E-state index contributed by atoms with van der Waals surface area (Å²) in [4.78, 5) is 43.4. The van der Waals surface area contributed by atoms with Gasteiger partial charge in [0.2, 0.25) is 5.91 Å². The summed E-state index contributed by atoms with van der Waals surface area (Å²) in [6, 6.07) is 0.532. The first-order valence-electron chi connectivity index (χ1n) is 9.74. The molecule has 3 rings (SSSR count). The number of nitrogens with zero attached hydrogens (tertiary/aromatic N) is 1. The molecule has 1 aromatic heterocycles. The maximum atomic E-state index is 14.0. The SMILES string of the molecule is CCC(=O)c1nc[nH]c1C(=O)NC1CCC(C(=O)Nc2c(Br)cc(F)c(F)c2F)CC1. The topological polar surface area (TPSA) is 104 Å². The molecule has 7 nitrogen and oxygen atoms in total. The molecule has 166 valence electrons. The van der Waals surface area contributed by atoms with Crippen molar-refractivity contribution in [2.24, 2.45) is 5.92 Å². The Labute approximate surface area is 184 Å². The van der Waals surface area contributed by atoms with E-state index in [-0.39, 0.29) is 34.1 Å². The van der Waals surface area contributed by atoms with E-state index in [9.17, 15) is 27.6 Å². The molecule has 2 amide bonds. The number of imidazole rings is 1. The Hall–Kier alpha value is -2.69. The second kappa shape index (κ2) is 9.63. The number of H-pyrrole nitrogens is 1. The van der Waals surface area contributed by atoms with Crippen molar-refractivity contribution in [1.82, 2.24) is 15.3 Å². The molecule has 1 saturated carbocycles. The van der Waals surface area contributed by atoms with Crippen LogP contribution in [0.5, 0.6) is 0 Å². The quantitative estimate of drug-likeness (QED) is 0.315. The van der Waals surface area contributed by atoms with E-state index in [2.05, 4.69) is 36.5 Å². The number of hydrogen-bond donors (Lipinski definition) is 3. The van der Waals surface area contributed by atoms with E-state index in [1.165, 1.54) is 6.33 Å². The van der Waals surface area contributed by atoms with Gasteiger partial charge < -0.3 is 15.6 Å². The number of benzene rings is 1. The Morgan fingerprint density at radius 2 is 1.84 bits per heavy atom. The molecule has 1 aliphatic rings. The molecule has 11 heteroatoms. The molecule has 0 radical (unpaired) electrons. The van der Waals surface area contributed by atoms with E-state index in [4.69, 9.17) is 0 Å². The lowest BCUT2D eigenvalue weighted by molar-refractivity contribution is -0.120. The normalized spacial score (nSPS) is 18.5. The van der Waals surface area contributed by atoms with Gasteiger partial charge in [-0.05, 0) is 47.7 Å². The zero-order valence-corrected chi connectivity index (χ0v) is 18.1. The van der Waals surface area contributed by atoms with Gasteiger partial charge in [0.25, 0.3) is 5.91 Å². The van der Waals surface area contributed by atoms with E-state index in [0.29, 0.717) is 25.7 Å². The number of nitrogens with one attached hydrogen (secondary N) is 3. The first kappa shape index (κ1) is 23.0. The van der Waals surface area contributed by atoms with E-state index < -0.39 is 40.9 Å². The fourth-order valence-electron chi connectivity index (χ4n) is 3.51. The van der Waals surface area contributed by atoms with Gasteiger partial charge in [-0.1, -0.05) is 6.92 Å². The lowest BCUT2D eigenvalue weighted by Crippen LogP contribution is -2.40. The Kier molecular flexibility index (Phi) is 7.14. The molecule has 0 atom stereocenters. The number of aromatic nitrogens is 2. The van der Waals surface area contributed by atoms with Crippen molar-refractivity contribution >= 4 is 39.2 Å². The van der Waals surface area contributed by atoms with Crippen LogP contribution in [-0.2, 0) is 4.79 Å². The van der Waals surface area contributed by atoms with E-state index in [0.717, 1.165) is 6.07 Å². The molecule has 1 aliphatic carbocycles. The Bertz CT molecular complexity index is 1020. The molecule has 2 aromatic rings. The molecule has 1 heterocycles. The molecule has 0 unspecified atom stereocenters. The number of amides is 2. The van der Waals surface area contributed by atoms with Gasteiger partial charge >= 0.3 is 0 Å². The minimum absolute atomic E-state index is 0.0900. The van der Waals surface area contributed by atoms with Crippen LogP contribution in [0, 0.1) is 23.4 Å². The second-order valence-corrected chi connectivity index (χ2v) is 8.11. The van der Waals surface area contributed by atoms with E-state index in [1.54, 1.807) is 6.92 Å². The Balaban J connectivity index is 1.57. The number of anilines is 1. The predicted octanol–water partition coefficient (Wildman–Crippen LogP) is 4.11. The number of ketones is 1. The van der Waals surface area contributed by atoms with Crippen LogP contribution < -0.4 is 10.6 Å². The van der Waals surface area contributed by atoms with Gasteiger partial charge in [-0.25, -0.2) is 18.2 Å². The fourth-order valence-corrected chi connectivity index (χ4v) is 3.98. The van der Waals surface area contributed by atoms with Crippen LogP contribution in [0.25, 0.3) is 0 Å². The zero-order valence-electron chi connectivity index (χ0n) is 16.5. The molecular weight excluding hydrogens is 481 g/mol. The van der Waals surface area contributed by atoms with Crippen molar-refractivity contribution in [3.63, 3.8) is 0 Å². The van der Waals surface area contributed by atoms with Crippen molar-refractivity contribution in [1.29, 1.82) is 0 Å². The minimum Gasteiger partial charge on any atom is -0.348 e. The highest BCUT2D eigenvalue weighted by Gasteiger charge is 2.30. The number of halogens is 4. The summed E-state index contributed by atoms with van der Waals surface area (Å²) < 4.78 is 40.6. The van der Waals surface area contributed by atoms with Gasteiger partial charge in [0.1, 0.15) is 11.4 Å². The summed E-state index contributed by atoms with van der Waals surface area (Å²) in [7, 11) is 0. The Morgan fingerprint density at radius 3 is 2.48 bits per heavy atom. The zero-order chi connectivity index (χ0) is 22.7. The third-order valence-corrected chi connectivity index (χ3v) is 5.87. The molecule has 0 bridgehead atoms. The predicted molar refractivity (Wildman–Crippen MR) is 109 cm³/mol. The largest absolute Gasteiger partial charge is 0.348 e. The molecule has 1 fully saturated rings. The van der Waals surface area contributed by atoms with Crippen molar-refractivity contribution in [3.05, 3.63) is 45.7 Å². The molecule has 0 spiro atoms. The Morgan fingerprint density at radius 1 is 1.16 bits per heavy atom. The summed E-state index contributed by atoms with van der Waals surface area (Å²) in [6.45, 7) is 1.68. The molecule has 1 aromatic carbocycles. The molecule has 0 saturated heterocycles. The number of Topliss-reactive ketones (excluding diaryl/α,β-unsaturated/α-hetero) is 1. The number of hydrogen-bond acceptors (Lipinski definition) is 4.